The lowest BCUT2D eigenvalue weighted by Gasteiger charge is -2.13. The zero-order valence-corrected chi connectivity index (χ0v) is 8.93. The molecule has 0 aliphatic rings. The molecule has 1 nitrogen and oxygen atoms in total. The number of hydrogen-bond acceptors (Lipinski definition) is 1. The standard InChI is InChI=1S/C11H16ClN/c1-3-8(2)11-6-10(12)5-4-9(11)7-13/h4-6,8H,3,7,13H2,1-2H3. The van der Waals surface area contributed by atoms with Gasteiger partial charge in [-0.05, 0) is 35.6 Å². The van der Waals surface area contributed by atoms with E-state index in [4.69, 9.17) is 17.3 Å². The number of halogens is 1. The lowest BCUT2D eigenvalue weighted by Crippen LogP contribution is -2.03. The Bertz CT molecular complexity index is 283. The Labute approximate surface area is 84.9 Å². The number of hydrogen-bond donors (Lipinski definition) is 1. The summed E-state index contributed by atoms with van der Waals surface area (Å²) in [6, 6.07) is 5.94. The highest BCUT2D eigenvalue weighted by Crippen LogP contribution is 2.25. The fraction of sp³-hybridized carbons (Fsp3) is 0.455. The summed E-state index contributed by atoms with van der Waals surface area (Å²) in [5.74, 6) is 0.539. The summed E-state index contributed by atoms with van der Waals surface area (Å²) in [6.45, 7) is 4.97. The zero-order valence-electron chi connectivity index (χ0n) is 8.18. The highest BCUT2D eigenvalue weighted by molar-refractivity contribution is 6.30. The maximum absolute atomic E-state index is 5.93. The van der Waals surface area contributed by atoms with Gasteiger partial charge in [0.2, 0.25) is 0 Å². The summed E-state index contributed by atoms with van der Waals surface area (Å²) >= 11 is 5.93. The molecule has 1 atom stereocenters. The zero-order chi connectivity index (χ0) is 9.84. The summed E-state index contributed by atoms with van der Waals surface area (Å²) in [6.07, 6.45) is 1.12. The first-order chi connectivity index (χ1) is 6.19. The van der Waals surface area contributed by atoms with Crippen LogP contribution in [0.4, 0.5) is 0 Å². The summed E-state index contributed by atoms with van der Waals surface area (Å²) in [5.41, 5.74) is 8.15. The largest absolute Gasteiger partial charge is 0.326 e. The van der Waals surface area contributed by atoms with E-state index in [-0.39, 0.29) is 0 Å². The van der Waals surface area contributed by atoms with Gasteiger partial charge < -0.3 is 5.73 Å². The normalized spacial score (nSPS) is 12.9. The van der Waals surface area contributed by atoms with Crippen molar-refractivity contribution in [2.75, 3.05) is 0 Å². The first kappa shape index (κ1) is 10.6. The fourth-order valence-electron chi connectivity index (χ4n) is 1.43. The third-order valence-electron chi connectivity index (χ3n) is 2.47. The molecule has 0 saturated carbocycles. The Kier molecular flexibility index (Phi) is 3.76. The van der Waals surface area contributed by atoms with Crippen LogP contribution in [0.15, 0.2) is 18.2 Å². The van der Waals surface area contributed by atoms with Crippen LogP contribution in [0.5, 0.6) is 0 Å². The Balaban J connectivity index is 3.07. The number of nitrogens with two attached hydrogens (primary N) is 1. The van der Waals surface area contributed by atoms with Crippen LogP contribution in [-0.4, -0.2) is 0 Å². The van der Waals surface area contributed by atoms with E-state index < -0.39 is 0 Å². The number of benzene rings is 1. The van der Waals surface area contributed by atoms with Crippen LogP contribution >= 0.6 is 11.6 Å². The van der Waals surface area contributed by atoms with Crippen LogP contribution in [0.2, 0.25) is 5.02 Å². The van der Waals surface area contributed by atoms with E-state index in [2.05, 4.69) is 13.8 Å². The minimum absolute atomic E-state index is 0.539. The summed E-state index contributed by atoms with van der Waals surface area (Å²) in [5, 5.41) is 0.799. The van der Waals surface area contributed by atoms with Crippen molar-refractivity contribution >= 4 is 11.6 Å². The van der Waals surface area contributed by atoms with Crippen molar-refractivity contribution in [1.29, 1.82) is 0 Å². The van der Waals surface area contributed by atoms with E-state index in [1.165, 1.54) is 11.1 Å². The topological polar surface area (TPSA) is 26.0 Å². The molecule has 0 heterocycles. The second-order valence-corrected chi connectivity index (χ2v) is 3.79. The van der Waals surface area contributed by atoms with Crippen LogP contribution in [0.25, 0.3) is 0 Å². The molecule has 0 aliphatic heterocycles. The van der Waals surface area contributed by atoms with Gasteiger partial charge in [0.05, 0.1) is 0 Å². The molecule has 0 saturated heterocycles. The molecule has 1 aromatic rings. The van der Waals surface area contributed by atoms with Crippen molar-refractivity contribution in [2.24, 2.45) is 5.73 Å². The molecule has 1 unspecified atom stereocenters. The Hall–Kier alpha value is -0.530. The van der Waals surface area contributed by atoms with Crippen LogP contribution < -0.4 is 5.73 Å². The van der Waals surface area contributed by atoms with Gasteiger partial charge in [-0.1, -0.05) is 31.5 Å². The van der Waals surface area contributed by atoms with E-state index in [0.717, 1.165) is 11.4 Å². The van der Waals surface area contributed by atoms with E-state index in [0.29, 0.717) is 12.5 Å². The third kappa shape index (κ3) is 2.45. The van der Waals surface area contributed by atoms with Crippen molar-refractivity contribution < 1.29 is 0 Å². The molecule has 72 valence electrons. The van der Waals surface area contributed by atoms with Crippen molar-refractivity contribution in [3.05, 3.63) is 34.3 Å². The minimum Gasteiger partial charge on any atom is -0.326 e. The lowest BCUT2D eigenvalue weighted by atomic mass is 9.94. The molecule has 0 spiro atoms. The highest BCUT2D eigenvalue weighted by atomic mass is 35.5. The molecule has 2 N–H and O–H groups in total. The minimum atomic E-state index is 0.539. The molecular weight excluding hydrogens is 182 g/mol. The maximum Gasteiger partial charge on any atom is 0.0409 e. The van der Waals surface area contributed by atoms with Crippen molar-refractivity contribution in [3.63, 3.8) is 0 Å². The first-order valence-corrected chi connectivity index (χ1v) is 5.05. The van der Waals surface area contributed by atoms with Gasteiger partial charge in [0.15, 0.2) is 0 Å². The van der Waals surface area contributed by atoms with Gasteiger partial charge in [-0.3, -0.25) is 0 Å². The maximum atomic E-state index is 5.93. The SMILES string of the molecule is CCC(C)c1cc(Cl)ccc1CN. The Morgan fingerprint density at radius 3 is 2.69 bits per heavy atom. The van der Waals surface area contributed by atoms with Gasteiger partial charge >= 0.3 is 0 Å². The molecular formula is C11H16ClN. The van der Waals surface area contributed by atoms with E-state index in [9.17, 15) is 0 Å². The van der Waals surface area contributed by atoms with E-state index >= 15 is 0 Å². The van der Waals surface area contributed by atoms with Crippen molar-refractivity contribution in [3.8, 4) is 0 Å². The van der Waals surface area contributed by atoms with E-state index in [1.807, 2.05) is 18.2 Å². The molecule has 0 aliphatic carbocycles. The quantitative estimate of drug-likeness (QED) is 0.791. The number of rotatable bonds is 3. The second-order valence-electron chi connectivity index (χ2n) is 3.36. The van der Waals surface area contributed by atoms with Gasteiger partial charge in [-0.2, -0.15) is 0 Å². The summed E-state index contributed by atoms with van der Waals surface area (Å²) in [7, 11) is 0. The van der Waals surface area contributed by atoms with Crippen LogP contribution in [0.1, 0.15) is 37.3 Å². The first-order valence-electron chi connectivity index (χ1n) is 4.67. The predicted octanol–water partition coefficient (Wildman–Crippen LogP) is 3.31. The summed E-state index contributed by atoms with van der Waals surface area (Å²) < 4.78 is 0. The van der Waals surface area contributed by atoms with Gasteiger partial charge in [-0.15, -0.1) is 0 Å². The smallest absolute Gasteiger partial charge is 0.0409 e. The predicted molar refractivity (Wildman–Crippen MR) is 58.0 cm³/mol. The van der Waals surface area contributed by atoms with Gasteiger partial charge in [0.1, 0.15) is 0 Å². The lowest BCUT2D eigenvalue weighted by molar-refractivity contribution is 0.722. The molecule has 0 amide bonds. The average molecular weight is 198 g/mol. The third-order valence-corrected chi connectivity index (χ3v) is 2.71. The molecule has 1 rings (SSSR count). The average Bonchev–Trinajstić information content (AvgIpc) is 2.16. The molecule has 0 aromatic heterocycles. The Morgan fingerprint density at radius 1 is 1.46 bits per heavy atom. The molecule has 1 aromatic carbocycles. The van der Waals surface area contributed by atoms with Crippen LogP contribution in [0, 0.1) is 0 Å². The van der Waals surface area contributed by atoms with Crippen molar-refractivity contribution in [1.82, 2.24) is 0 Å². The Morgan fingerprint density at radius 2 is 2.15 bits per heavy atom. The molecule has 0 radical (unpaired) electrons. The van der Waals surface area contributed by atoms with Crippen LogP contribution in [0.3, 0.4) is 0 Å². The van der Waals surface area contributed by atoms with Gasteiger partial charge in [0, 0.05) is 11.6 Å². The molecule has 13 heavy (non-hydrogen) atoms. The van der Waals surface area contributed by atoms with Gasteiger partial charge in [0.25, 0.3) is 0 Å². The van der Waals surface area contributed by atoms with Gasteiger partial charge in [-0.25, -0.2) is 0 Å². The molecule has 2 heteroatoms. The fourth-order valence-corrected chi connectivity index (χ4v) is 1.61. The van der Waals surface area contributed by atoms with Crippen molar-refractivity contribution in [2.45, 2.75) is 32.7 Å². The molecule has 0 bridgehead atoms. The van der Waals surface area contributed by atoms with Crippen LogP contribution in [-0.2, 0) is 6.54 Å². The van der Waals surface area contributed by atoms with E-state index in [1.54, 1.807) is 0 Å². The molecule has 0 fully saturated rings. The highest BCUT2D eigenvalue weighted by Gasteiger charge is 2.08. The second kappa shape index (κ2) is 4.64. The summed E-state index contributed by atoms with van der Waals surface area (Å²) in [4.78, 5) is 0. The monoisotopic (exact) mass is 197 g/mol.